The maximum absolute atomic E-state index is 5.47. The molecule has 0 bridgehead atoms. The first-order valence-corrected chi connectivity index (χ1v) is 4.30. The number of allylic oxidation sites excluding steroid dienone is 1. The van der Waals surface area contributed by atoms with Gasteiger partial charge in [0.05, 0.1) is 5.69 Å². The largest absolute Gasteiger partial charge is 0.443 e. The monoisotopic (exact) mass is 173 g/mol. The molecule has 1 aliphatic rings. The fourth-order valence-corrected chi connectivity index (χ4v) is 1.40. The van der Waals surface area contributed by atoms with E-state index in [-0.39, 0.29) is 0 Å². The predicted octanol–water partition coefficient (Wildman–Crippen LogP) is 3.13. The first kappa shape index (κ1) is 8.05. The van der Waals surface area contributed by atoms with Gasteiger partial charge in [0, 0.05) is 12.5 Å². The molecule has 66 valence electrons. The summed E-state index contributed by atoms with van der Waals surface area (Å²) in [7, 11) is 0. The fraction of sp³-hybridized carbons (Fsp3) is 0.182. The van der Waals surface area contributed by atoms with Crippen LogP contribution >= 0.6 is 0 Å². The summed E-state index contributed by atoms with van der Waals surface area (Å²) in [5.41, 5.74) is 2.05. The van der Waals surface area contributed by atoms with Crippen molar-refractivity contribution >= 4 is 17.3 Å². The minimum absolute atomic E-state index is 0.701. The fourth-order valence-electron chi connectivity index (χ4n) is 1.40. The second-order valence-electron chi connectivity index (χ2n) is 2.90. The smallest absolute Gasteiger partial charge is 0.192 e. The Labute approximate surface area is 77.6 Å². The van der Waals surface area contributed by atoms with Crippen molar-refractivity contribution in [2.45, 2.75) is 13.8 Å². The van der Waals surface area contributed by atoms with E-state index in [0.29, 0.717) is 5.90 Å². The second-order valence-corrected chi connectivity index (χ2v) is 2.90. The lowest BCUT2D eigenvalue weighted by atomic mass is 10.1. The number of benzene rings is 1. The van der Waals surface area contributed by atoms with E-state index in [0.717, 1.165) is 17.0 Å². The molecule has 0 atom stereocenters. The van der Waals surface area contributed by atoms with Crippen LogP contribution in [0.1, 0.15) is 19.4 Å². The number of ether oxygens (including phenoxy) is 1. The molecule has 0 aromatic heterocycles. The van der Waals surface area contributed by atoms with Crippen molar-refractivity contribution in [3.8, 4) is 0 Å². The lowest BCUT2D eigenvalue weighted by Crippen LogP contribution is -2.04. The zero-order valence-electron chi connectivity index (χ0n) is 7.74. The summed E-state index contributed by atoms with van der Waals surface area (Å²) in [5, 5.41) is 0. The molecule has 1 aliphatic heterocycles. The molecule has 0 saturated heterocycles. The van der Waals surface area contributed by atoms with Gasteiger partial charge in [0.2, 0.25) is 0 Å². The average molecular weight is 173 g/mol. The summed E-state index contributed by atoms with van der Waals surface area (Å²) < 4.78 is 5.47. The van der Waals surface area contributed by atoms with E-state index in [1.165, 1.54) is 0 Å². The number of fused-ring (bicyclic) bond motifs is 1. The highest BCUT2D eigenvalue weighted by atomic mass is 16.5. The summed E-state index contributed by atoms with van der Waals surface area (Å²) in [6.45, 7) is 3.82. The maximum Gasteiger partial charge on any atom is 0.192 e. The minimum Gasteiger partial charge on any atom is -0.443 e. The third kappa shape index (κ3) is 1.35. The van der Waals surface area contributed by atoms with Crippen LogP contribution in [0.3, 0.4) is 0 Å². The lowest BCUT2D eigenvalue weighted by molar-refractivity contribution is 0.497. The first-order valence-electron chi connectivity index (χ1n) is 4.30. The molecule has 2 heteroatoms. The summed E-state index contributed by atoms with van der Waals surface area (Å²) >= 11 is 0. The number of aliphatic imine (C=N–C) groups is 1. The molecule has 0 radical (unpaired) electrons. The van der Waals surface area contributed by atoms with Crippen molar-refractivity contribution < 1.29 is 4.74 Å². The van der Waals surface area contributed by atoms with E-state index in [2.05, 4.69) is 4.99 Å². The van der Waals surface area contributed by atoms with E-state index >= 15 is 0 Å². The molecule has 2 nitrogen and oxygen atoms in total. The molecule has 1 aromatic carbocycles. The third-order valence-corrected chi connectivity index (χ3v) is 1.97. The number of hydrogen-bond donors (Lipinski definition) is 0. The lowest BCUT2D eigenvalue weighted by Gasteiger charge is -2.16. The second kappa shape index (κ2) is 3.05. The Morgan fingerprint density at radius 3 is 2.85 bits per heavy atom. The Bertz CT molecular complexity index is 391. The number of hydrogen-bond acceptors (Lipinski definition) is 2. The van der Waals surface area contributed by atoms with Crippen LogP contribution in [0.15, 0.2) is 35.3 Å². The van der Waals surface area contributed by atoms with Crippen LogP contribution in [0.25, 0.3) is 5.76 Å². The molecule has 0 aliphatic carbocycles. The van der Waals surface area contributed by atoms with E-state index in [9.17, 15) is 0 Å². The summed E-state index contributed by atoms with van der Waals surface area (Å²) in [6, 6.07) is 7.97. The minimum atomic E-state index is 0.701. The SMILES string of the molecule is C/C=C1/OC(C)=Nc2ccccc21. The molecule has 0 spiro atoms. The molecular formula is C11H11NO. The van der Waals surface area contributed by atoms with Crippen LogP contribution in [0.4, 0.5) is 5.69 Å². The van der Waals surface area contributed by atoms with E-state index in [1.54, 1.807) is 0 Å². The number of nitrogens with zero attached hydrogens (tertiary/aromatic N) is 1. The average Bonchev–Trinajstić information content (AvgIpc) is 2.16. The van der Waals surface area contributed by atoms with Crippen LogP contribution in [0.5, 0.6) is 0 Å². The Hall–Kier alpha value is -1.57. The molecular weight excluding hydrogens is 162 g/mol. The molecule has 1 heterocycles. The summed E-state index contributed by atoms with van der Waals surface area (Å²) in [6.07, 6.45) is 1.96. The quantitative estimate of drug-likeness (QED) is 0.590. The Balaban J connectivity index is 2.61. The maximum atomic E-state index is 5.47. The number of para-hydroxylation sites is 1. The van der Waals surface area contributed by atoms with Gasteiger partial charge >= 0.3 is 0 Å². The highest BCUT2D eigenvalue weighted by Gasteiger charge is 2.13. The van der Waals surface area contributed by atoms with Gasteiger partial charge in [0.15, 0.2) is 5.90 Å². The van der Waals surface area contributed by atoms with Crippen LogP contribution in [-0.2, 0) is 4.74 Å². The zero-order chi connectivity index (χ0) is 9.26. The summed E-state index contributed by atoms with van der Waals surface area (Å²) in [4.78, 5) is 4.30. The topological polar surface area (TPSA) is 21.6 Å². The van der Waals surface area contributed by atoms with Crippen molar-refractivity contribution in [2.24, 2.45) is 4.99 Å². The highest BCUT2D eigenvalue weighted by Crippen LogP contribution is 2.31. The molecule has 13 heavy (non-hydrogen) atoms. The summed E-state index contributed by atoms with van der Waals surface area (Å²) in [5.74, 6) is 1.59. The van der Waals surface area contributed by atoms with E-state index < -0.39 is 0 Å². The Kier molecular flexibility index (Phi) is 1.89. The van der Waals surface area contributed by atoms with Crippen molar-refractivity contribution in [1.29, 1.82) is 0 Å². The van der Waals surface area contributed by atoms with E-state index in [1.807, 2.05) is 44.2 Å². The van der Waals surface area contributed by atoms with Crippen molar-refractivity contribution in [1.82, 2.24) is 0 Å². The van der Waals surface area contributed by atoms with Gasteiger partial charge in [-0.2, -0.15) is 0 Å². The zero-order valence-corrected chi connectivity index (χ0v) is 7.74. The van der Waals surface area contributed by atoms with Crippen LogP contribution in [0.2, 0.25) is 0 Å². The molecule has 0 N–H and O–H groups in total. The molecule has 1 aromatic rings. The third-order valence-electron chi connectivity index (χ3n) is 1.97. The van der Waals surface area contributed by atoms with Gasteiger partial charge < -0.3 is 4.74 Å². The predicted molar refractivity (Wildman–Crippen MR) is 53.9 cm³/mol. The highest BCUT2D eigenvalue weighted by molar-refractivity contribution is 5.89. The molecule has 0 fully saturated rings. The molecule has 0 amide bonds. The van der Waals surface area contributed by atoms with E-state index in [4.69, 9.17) is 4.74 Å². The van der Waals surface area contributed by atoms with Crippen molar-refractivity contribution in [3.05, 3.63) is 35.9 Å². The van der Waals surface area contributed by atoms with Gasteiger partial charge in [0.1, 0.15) is 5.76 Å². The first-order chi connectivity index (χ1) is 6.31. The van der Waals surface area contributed by atoms with Crippen molar-refractivity contribution in [2.75, 3.05) is 0 Å². The van der Waals surface area contributed by atoms with Gasteiger partial charge in [-0.15, -0.1) is 0 Å². The van der Waals surface area contributed by atoms with Gasteiger partial charge in [-0.3, -0.25) is 0 Å². The van der Waals surface area contributed by atoms with Gasteiger partial charge in [-0.1, -0.05) is 12.1 Å². The molecule has 2 rings (SSSR count). The molecule has 0 saturated carbocycles. The van der Waals surface area contributed by atoms with Crippen LogP contribution in [-0.4, -0.2) is 5.90 Å². The van der Waals surface area contributed by atoms with Gasteiger partial charge in [-0.25, -0.2) is 4.99 Å². The number of rotatable bonds is 0. The van der Waals surface area contributed by atoms with Crippen LogP contribution < -0.4 is 0 Å². The molecule has 0 unspecified atom stereocenters. The Morgan fingerprint density at radius 2 is 2.08 bits per heavy atom. The standard InChI is InChI=1S/C11H11NO/c1-3-11-9-6-4-5-7-10(9)12-8(2)13-11/h3-7H,1-2H3/b11-3+. The van der Waals surface area contributed by atoms with Crippen molar-refractivity contribution in [3.63, 3.8) is 0 Å². The Morgan fingerprint density at radius 1 is 1.31 bits per heavy atom. The van der Waals surface area contributed by atoms with Gasteiger partial charge in [-0.05, 0) is 25.1 Å². The normalized spacial score (nSPS) is 17.7. The van der Waals surface area contributed by atoms with Crippen LogP contribution in [0, 0.1) is 0 Å². The van der Waals surface area contributed by atoms with Gasteiger partial charge in [0.25, 0.3) is 0 Å².